The molecule has 2 aliphatic heterocycles. The number of anilines is 1. The van der Waals surface area contributed by atoms with E-state index >= 15 is 0 Å². The summed E-state index contributed by atoms with van der Waals surface area (Å²) >= 11 is 1.42. The minimum Gasteiger partial charge on any atom is -0.454 e. The Bertz CT molecular complexity index is 1100. The van der Waals surface area contributed by atoms with Crippen LogP contribution in [0.25, 0.3) is 11.3 Å². The predicted molar refractivity (Wildman–Crippen MR) is 120 cm³/mol. The number of hydrogen-bond donors (Lipinski definition) is 0. The maximum atomic E-state index is 13.0. The smallest absolute Gasteiger partial charge is 0.233 e. The van der Waals surface area contributed by atoms with E-state index in [2.05, 4.69) is 15.1 Å². The molecule has 2 aromatic carbocycles. The number of aromatic nitrogens is 2. The molecule has 3 heterocycles. The van der Waals surface area contributed by atoms with Gasteiger partial charge in [-0.2, -0.15) is 0 Å². The minimum absolute atomic E-state index is 0.0863. The molecule has 0 N–H and O–H groups in total. The van der Waals surface area contributed by atoms with Gasteiger partial charge in [0, 0.05) is 36.6 Å². The van der Waals surface area contributed by atoms with Crippen molar-refractivity contribution in [3.05, 3.63) is 60.4 Å². The molecule has 0 saturated carbocycles. The number of benzene rings is 2. The van der Waals surface area contributed by atoms with Gasteiger partial charge in [-0.15, -0.1) is 22.0 Å². The number of ether oxygens (including phenoxy) is 2. The van der Waals surface area contributed by atoms with Crippen molar-refractivity contribution in [2.75, 3.05) is 43.6 Å². The third-order valence-electron chi connectivity index (χ3n) is 5.45. The molecule has 1 amide bonds. The first-order chi connectivity index (χ1) is 15.7. The monoisotopic (exact) mass is 452 g/mol. The van der Waals surface area contributed by atoms with Crippen molar-refractivity contribution >= 4 is 23.5 Å². The van der Waals surface area contributed by atoms with Crippen LogP contribution in [0, 0.1) is 5.82 Å². The molecule has 0 aliphatic carbocycles. The molecule has 0 atom stereocenters. The van der Waals surface area contributed by atoms with E-state index in [0.717, 1.165) is 27.7 Å². The lowest BCUT2D eigenvalue weighted by Crippen LogP contribution is -2.49. The van der Waals surface area contributed by atoms with Gasteiger partial charge in [0.1, 0.15) is 5.82 Å². The molecule has 9 heteroatoms. The van der Waals surface area contributed by atoms with Crippen molar-refractivity contribution in [1.29, 1.82) is 0 Å². The topological polar surface area (TPSA) is 67.8 Å². The van der Waals surface area contributed by atoms with E-state index in [0.29, 0.717) is 37.7 Å². The average Bonchev–Trinajstić information content (AvgIpc) is 3.32. The lowest BCUT2D eigenvalue weighted by Gasteiger charge is -2.35. The largest absolute Gasteiger partial charge is 0.454 e. The molecule has 2 aliphatic rings. The van der Waals surface area contributed by atoms with E-state index < -0.39 is 0 Å². The molecule has 0 bridgehead atoms. The number of thioether (sulfide) groups is 1. The molecule has 5 rings (SSSR count). The Morgan fingerprint density at radius 3 is 2.47 bits per heavy atom. The Hall–Kier alpha value is -3.33. The molecule has 7 nitrogen and oxygen atoms in total. The third-order valence-corrected chi connectivity index (χ3v) is 6.45. The van der Waals surface area contributed by atoms with Crippen LogP contribution in [0.5, 0.6) is 11.5 Å². The van der Waals surface area contributed by atoms with Crippen molar-refractivity contribution in [2.24, 2.45) is 0 Å². The molecule has 0 unspecified atom stereocenters. The van der Waals surface area contributed by atoms with Crippen molar-refractivity contribution in [2.45, 2.75) is 4.90 Å². The number of piperazine rings is 1. The molecular formula is C23H21FN4O3S. The normalized spacial score (nSPS) is 15.2. The summed E-state index contributed by atoms with van der Waals surface area (Å²) in [5, 5.41) is 8.77. The van der Waals surface area contributed by atoms with Gasteiger partial charge in [0.25, 0.3) is 0 Å². The molecule has 1 fully saturated rings. The summed E-state index contributed by atoms with van der Waals surface area (Å²) in [6, 6.07) is 15.8. The zero-order chi connectivity index (χ0) is 21.9. The second-order valence-electron chi connectivity index (χ2n) is 7.46. The fraction of sp³-hybridized carbons (Fsp3) is 0.261. The second kappa shape index (κ2) is 9.04. The third kappa shape index (κ3) is 4.47. The Morgan fingerprint density at radius 1 is 0.938 bits per heavy atom. The zero-order valence-corrected chi connectivity index (χ0v) is 18.1. The first-order valence-electron chi connectivity index (χ1n) is 10.3. The van der Waals surface area contributed by atoms with Crippen LogP contribution < -0.4 is 14.4 Å². The number of halogens is 1. The number of nitrogens with zero attached hydrogens (tertiary/aromatic N) is 4. The van der Waals surface area contributed by atoms with E-state index in [1.807, 2.05) is 35.2 Å². The number of carbonyl (C=O) groups excluding carboxylic acids is 1. The maximum Gasteiger partial charge on any atom is 0.233 e. The SMILES string of the molecule is O=C(CSc1ccc(F)cc1)N1CCN(c2ccc(-c3ccc4c(c3)OCO4)nn2)CC1. The van der Waals surface area contributed by atoms with Crippen LogP contribution in [0.2, 0.25) is 0 Å². The molecule has 1 saturated heterocycles. The van der Waals surface area contributed by atoms with E-state index in [9.17, 15) is 9.18 Å². The fourth-order valence-electron chi connectivity index (χ4n) is 3.66. The van der Waals surface area contributed by atoms with Crippen LogP contribution in [0.1, 0.15) is 0 Å². The Balaban J connectivity index is 1.14. The quantitative estimate of drug-likeness (QED) is 0.549. The lowest BCUT2D eigenvalue weighted by molar-refractivity contribution is -0.128. The molecule has 0 radical (unpaired) electrons. The zero-order valence-electron chi connectivity index (χ0n) is 17.2. The highest BCUT2D eigenvalue weighted by Gasteiger charge is 2.22. The van der Waals surface area contributed by atoms with Gasteiger partial charge < -0.3 is 19.3 Å². The number of carbonyl (C=O) groups is 1. The molecule has 164 valence electrons. The van der Waals surface area contributed by atoms with Gasteiger partial charge in [-0.05, 0) is 54.6 Å². The van der Waals surface area contributed by atoms with Crippen molar-refractivity contribution in [1.82, 2.24) is 15.1 Å². The van der Waals surface area contributed by atoms with Crippen LogP contribution in [0.4, 0.5) is 10.2 Å². The average molecular weight is 453 g/mol. The van der Waals surface area contributed by atoms with Crippen LogP contribution in [0.3, 0.4) is 0 Å². The second-order valence-corrected chi connectivity index (χ2v) is 8.50. The van der Waals surface area contributed by atoms with Crippen LogP contribution in [-0.2, 0) is 4.79 Å². The van der Waals surface area contributed by atoms with Gasteiger partial charge in [-0.25, -0.2) is 4.39 Å². The molecular weight excluding hydrogens is 431 g/mol. The Morgan fingerprint density at radius 2 is 1.72 bits per heavy atom. The van der Waals surface area contributed by atoms with Crippen molar-refractivity contribution in [3.8, 4) is 22.8 Å². The summed E-state index contributed by atoms with van der Waals surface area (Å²) in [5.74, 6) is 2.40. The number of fused-ring (bicyclic) bond motifs is 1. The fourth-order valence-corrected chi connectivity index (χ4v) is 4.46. The van der Waals surface area contributed by atoms with Gasteiger partial charge >= 0.3 is 0 Å². The van der Waals surface area contributed by atoms with Gasteiger partial charge in [-0.1, -0.05) is 0 Å². The number of rotatable bonds is 5. The summed E-state index contributed by atoms with van der Waals surface area (Å²) < 4.78 is 23.8. The minimum atomic E-state index is -0.274. The summed E-state index contributed by atoms with van der Waals surface area (Å²) in [6.45, 7) is 2.90. The van der Waals surface area contributed by atoms with E-state index in [4.69, 9.17) is 9.47 Å². The van der Waals surface area contributed by atoms with E-state index in [1.54, 1.807) is 12.1 Å². The highest BCUT2D eigenvalue weighted by atomic mass is 32.2. The van der Waals surface area contributed by atoms with Crippen LogP contribution in [0.15, 0.2) is 59.5 Å². The van der Waals surface area contributed by atoms with Crippen molar-refractivity contribution < 1.29 is 18.7 Å². The van der Waals surface area contributed by atoms with E-state index in [1.165, 1.54) is 23.9 Å². The van der Waals surface area contributed by atoms with Crippen LogP contribution in [-0.4, -0.2) is 59.7 Å². The molecule has 0 spiro atoms. The molecule has 1 aromatic heterocycles. The maximum absolute atomic E-state index is 13.0. The number of amides is 1. The summed E-state index contributed by atoms with van der Waals surface area (Å²) in [5.41, 5.74) is 1.68. The van der Waals surface area contributed by atoms with Crippen molar-refractivity contribution in [3.63, 3.8) is 0 Å². The highest BCUT2D eigenvalue weighted by molar-refractivity contribution is 8.00. The van der Waals surface area contributed by atoms with Gasteiger partial charge in [0.05, 0.1) is 11.4 Å². The lowest BCUT2D eigenvalue weighted by atomic mass is 10.1. The molecule has 3 aromatic rings. The first-order valence-corrected chi connectivity index (χ1v) is 11.3. The Labute approximate surface area is 189 Å². The highest BCUT2D eigenvalue weighted by Crippen LogP contribution is 2.35. The summed E-state index contributed by atoms with van der Waals surface area (Å²) in [4.78, 5) is 17.4. The van der Waals surface area contributed by atoms with Gasteiger partial charge in [-0.3, -0.25) is 4.79 Å². The number of hydrogen-bond acceptors (Lipinski definition) is 7. The van der Waals surface area contributed by atoms with E-state index in [-0.39, 0.29) is 18.5 Å². The summed E-state index contributed by atoms with van der Waals surface area (Å²) in [6.07, 6.45) is 0. The Kier molecular flexibility index (Phi) is 5.81. The summed E-state index contributed by atoms with van der Waals surface area (Å²) in [7, 11) is 0. The molecule has 32 heavy (non-hydrogen) atoms. The van der Waals surface area contributed by atoms with Gasteiger partial charge in [0.15, 0.2) is 17.3 Å². The first kappa shape index (κ1) is 20.6. The standard InChI is InChI=1S/C23H21FN4O3S/c24-17-2-4-18(5-3-17)32-14-23(29)28-11-9-27(10-12-28)22-8-6-19(25-26-22)16-1-7-20-21(13-16)31-15-30-20/h1-8,13H,9-12,14-15H2. The predicted octanol–water partition coefficient (Wildman–Crippen LogP) is 3.45. The van der Waals surface area contributed by atoms with Crippen LogP contribution >= 0.6 is 11.8 Å². The van der Waals surface area contributed by atoms with Gasteiger partial charge in [0.2, 0.25) is 12.7 Å².